The lowest BCUT2D eigenvalue weighted by Crippen LogP contribution is -2.54. The van der Waals surface area contributed by atoms with E-state index in [0.717, 1.165) is 18.6 Å². The molecule has 138 valence electrons. The zero-order valence-corrected chi connectivity index (χ0v) is 14.1. The number of nitrogens with zero attached hydrogens (tertiary/aromatic N) is 2. The number of carbonyl (C=O) groups excluding carboxylic acids is 2. The molecule has 2 amide bonds. The SMILES string of the molecule is CCCC(N)C(=O)N1CCN(C(=O)c2ccc(C(F)(F)F)cc2)CC1. The van der Waals surface area contributed by atoms with E-state index in [4.69, 9.17) is 5.73 Å². The minimum atomic E-state index is -4.43. The molecule has 25 heavy (non-hydrogen) atoms. The molecule has 0 bridgehead atoms. The van der Waals surface area contributed by atoms with Crippen LogP contribution in [0.5, 0.6) is 0 Å². The summed E-state index contributed by atoms with van der Waals surface area (Å²) in [5.74, 6) is -0.456. The van der Waals surface area contributed by atoms with Gasteiger partial charge in [-0.1, -0.05) is 13.3 Å². The number of nitrogens with two attached hydrogens (primary N) is 1. The number of halogens is 3. The molecule has 1 fully saturated rings. The fraction of sp³-hybridized carbons (Fsp3) is 0.529. The number of benzene rings is 1. The summed E-state index contributed by atoms with van der Waals surface area (Å²) in [6.07, 6.45) is -2.99. The molecule has 5 nitrogen and oxygen atoms in total. The minimum absolute atomic E-state index is 0.122. The number of amides is 2. The van der Waals surface area contributed by atoms with Crippen molar-refractivity contribution in [3.05, 3.63) is 35.4 Å². The van der Waals surface area contributed by atoms with Crippen LogP contribution in [0.2, 0.25) is 0 Å². The molecule has 1 unspecified atom stereocenters. The summed E-state index contributed by atoms with van der Waals surface area (Å²) in [6.45, 7) is 3.38. The average Bonchev–Trinajstić information content (AvgIpc) is 2.60. The Morgan fingerprint density at radius 1 is 1.08 bits per heavy atom. The van der Waals surface area contributed by atoms with Crippen molar-refractivity contribution < 1.29 is 22.8 Å². The van der Waals surface area contributed by atoms with Gasteiger partial charge in [-0.15, -0.1) is 0 Å². The van der Waals surface area contributed by atoms with Gasteiger partial charge in [-0.2, -0.15) is 13.2 Å². The molecule has 0 aliphatic carbocycles. The third kappa shape index (κ3) is 4.72. The van der Waals surface area contributed by atoms with Crippen LogP contribution in [-0.4, -0.2) is 53.8 Å². The topological polar surface area (TPSA) is 66.6 Å². The first-order valence-corrected chi connectivity index (χ1v) is 8.25. The van der Waals surface area contributed by atoms with Crippen LogP contribution in [0.15, 0.2) is 24.3 Å². The highest BCUT2D eigenvalue weighted by atomic mass is 19.4. The van der Waals surface area contributed by atoms with Gasteiger partial charge in [0.05, 0.1) is 11.6 Å². The van der Waals surface area contributed by atoms with E-state index in [0.29, 0.717) is 32.6 Å². The van der Waals surface area contributed by atoms with E-state index >= 15 is 0 Å². The van der Waals surface area contributed by atoms with Crippen LogP contribution in [-0.2, 0) is 11.0 Å². The largest absolute Gasteiger partial charge is 0.416 e. The van der Waals surface area contributed by atoms with Crippen LogP contribution in [0.25, 0.3) is 0 Å². The van der Waals surface area contributed by atoms with E-state index in [-0.39, 0.29) is 17.4 Å². The number of hydrogen-bond donors (Lipinski definition) is 1. The predicted octanol–water partition coefficient (Wildman–Crippen LogP) is 2.12. The van der Waals surface area contributed by atoms with Crippen LogP contribution in [0.3, 0.4) is 0 Å². The highest BCUT2D eigenvalue weighted by Crippen LogP contribution is 2.29. The summed E-state index contributed by atoms with van der Waals surface area (Å²) in [5, 5.41) is 0. The van der Waals surface area contributed by atoms with Crippen molar-refractivity contribution in [2.45, 2.75) is 32.0 Å². The highest BCUT2D eigenvalue weighted by Gasteiger charge is 2.31. The molecule has 0 radical (unpaired) electrons. The summed E-state index contributed by atoms with van der Waals surface area (Å²) in [7, 11) is 0. The van der Waals surface area contributed by atoms with Crippen LogP contribution in [0, 0.1) is 0 Å². The molecule has 1 heterocycles. The molecular formula is C17H22F3N3O2. The van der Waals surface area contributed by atoms with E-state index in [1.165, 1.54) is 17.0 Å². The molecule has 1 aliphatic rings. The van der Waals surface area contributed by atoms with Gasteiger partial charge >= 0.3 is 6.18 Å². The van der Waals surface area contributed by atoms with Crippen LogP contribution < -0.4 is 5.73 Å². The van der Waals surface area contributed by atoms with Crippen molar-refractivity contribution in [3.8, 4) is 0 Å². The van der Waals surface area contributed by atoms with Crippen molar-refractivity contribution in [3.63, 3.8) is 0 Å². The molecule has 1 aromatic carbocycles. The minimum Gasteiger partial charge on any atom is -0.338 e. The second-order valence-corrected chi connectivity index (χ2v) is 6.09. The standard InChI is InChI=1S/C17H22F3N3O2/c1-2-3-14(21)16(25)23-10-8-22(9-11-23)15(24)12-4-6-13(7-5-12)17(18,19)20/h4-7,14H,2-3,8-11,21H2,1H3. The maximum absolute atomic E-state index is 12.6. The van der Waals surface area contributed by atoms with Gasteiger partial charge in [0.25, 0.3) is 5.91 Å². The number of piperazine rings is 1. The summed E-state index contributed by atoms with van der Waals surface area (Å²) in [5.41, 5.74) is 5.25. The number of rotatable bonds is 4. The van der Waals surface area contributed by atoms with Crippen molar-refractivity contribution in [1.82, 2.24) is 9.80 Å². The van der Waals surface area contributed by atoms with Gasteiger partial charge in [-0.3, -0.25) is 9.59 Å². The summed E-state index contributed by atoms with van der Waals surface area (Å²) < 4.78 is 37.7. The molecule has 2 rings (SSSR count). The van der Waals surface area contributed by atoms with Gasteiger partial charge in [0.1, 0.15) is 0 Å². The first-order chi connectivity index (χ1) is 11.7. The molecule has 0 aromatic heterocycles. The van der Waals surface area contributed by atoms with Crippen LogP contribution in [0.4, 0.5) is 13.2 Å². The summed E-state index contributed by atoms with van der Waals surface area (Å²) in [4.78, 5) is 27.7. The number of carbonyl (C=O) groups is 2. The lowest BCUT2D eigenvalue weighted by Gasteiger charge is -2.36. The Bertz CT molecular complexity index is 609. The van der Waals surface area contributed by atoms with Gasteiger partial charge in [0.15, 0.2) is 0 Å². The average molecular weight is 357 g/mol. The van der Waals surface area contributed by atoms with E-state index < -0.39 is 17.8 Å². The van der Waals surface area contributed by atoms with Crippen LogP contribution in [0.1, 0.15) is 35.7 Å². The molecule has 1 atom stereocenters. The Morgan fingerprint density at radius 3 is 2.08 bits per heavy atom. The number of hydrogen-bond acceptors (Lipinski definition) is 3. The molecule has 1 aromatic rings. The quantitative estimate of drug-likeness (QED) is 0.898. The highest BCUT2D eigenvalue weighted by molar-refractivity contribution is 5.94. The second kappa shape index (κ2) is 7.86. The Hall–Kier alpha value is -2.09. The van der Waals surface area contributed by atoms with E-state index in [1.807, 2.05) is 6.92 Å². The van der Waals surface area contributed by atoms with E-state index in [9.17, 15) is 22.8 Å². The molecular weight excluding hydrogens is 335 g/mol. The fourth-order valence-corrected chi connectivity index (χ4v) is 2.78. The van der Waals surface area contributed by atoms with Gasteiger partial charge < -0.3 is 15.5 Å². The Balaban J connectivity index is 1.94. The molecule has 1 aliphatic heterocycles. The smallest absolute Gasteiger partial charge is 0.338 e. The molecule has 1 saturated heterocycles. The Morgan fingerprint density at radius 2 is 1.60 bits per heavy atom. The van der Waals surface area contributed by atoms with Crippen molar-refractivity contribution in [2.75, 3.05) is 26.2 Å². The first kappa shape index (κ1) is 19.2. The lowest BCUT2D eigenvalue weighted by molar-refractivity contribution is -0.137. The Kier molecular flexibility index (Phi) is 6.05. The van der Waals surface area contributed by atoms with E-state index in [2.05, 4.69) is 0 Å². The van der Waals surface area contributed by atoms with E-state index in [1.54, 1.807) is 4.90 Å². The van der Waals surface area contributed by atoms with Gasteiger partial charge in [0.2, 0.25) is 5.91 Å². The molecule has 2 N–H and O–H groups in total. The third-order valence-corrected chi connectivity index (χ3v) is 4.25. The molecule has 0 spiro atoms. The Labute approximate surface area is 144 Å². The second-order valence-electron chi connectivity index (χ2n) is 6.09. The van der Waals surface area contributed by atoms with Crippen molar-refractivity contribution in [1.29, 1.82) is 0 Å². The monoisotopic (exact) mass is 357 g/mol. The number of alkyl halides is 3. The zero-order chi connectivity index (χ0) is 18.6. The maximum atomic E-state index is 12.6. The van der Waals surface area contributed by atoms with Crippen LogP contribution >= 0.6 is 0 Å². The van der Waals surface area contributed by atoms with Gasteiger partial charge in [-0.05, 0) is 30.7 Å². The normalized spacial score (nSPS) is 16.7. The first-order valence-electron chi connectivity index (χ1n) is 8.25. The zero-order valence-electron chi connectivity index (χ0n) is 14.1. The third-order valence-electron chi connectivity index (χ3n) is 4.25. The maximum Gasteiger partial charge on any atom is 0.416 e. The summed E-state index contributed by atoms with van der Waals surface area (Å²) >= 11 is 0. The van der Waals surface area contributed by atoms with Crippen molar-refractivity contribution in [2.24, 2.45) is 5.73 Å². The van der Waals surface area contributed by atoms with Gasteiger partial charge in [-0.25, -0.2) is 0 Å². The molecule has 8 heteroatoms. The lowest BCUT2D eigenvalue weighted by atomic mass is 10.1. The molecule has 0 saturated carbocycles. The summed E-state index contributed by atoms with van der Waals surface area (Å²) in [6, 6.07) is 3.63. The predicted molar refractivity (Wildman–Crippen MR) is 86.8 cm³/mol. The van der Waals surface area contributed by atoms with Gasteiger partial charge in [0, 0.05) is 31.7 Å². The fourth-order valence-electron chi connectivity index (χ4n) is 2.78. The van der Waals surface area contributed by atoms with Crippen molar-refractivity contribution >= 4 is 11.8 Å².